The summed E-state index contributed by atoms with van der Waals surface area (Å²) in [7, 11) is 0. The molecule has 0 saturated carbocycles. The van der Waals surface area contributed by atoms with Crippen molar-refractivity contribution in [1.82, 2.24) is 5.32 Å². The van der Waals surface area contributed by atoms with Crippen LogP contribution in [0.3, 0.4) is 0 Å². The Morgan fingerprint density at radius 3 is 2.35 bits per heavy atom. The molecule has 3 nitrogen and oxygen atoms in total. The monoisotopic (exact) mass is 276 g/mol. The molecular formula is C17H28N2O. The fraction of sp³-hybridized carbons (Fsp3) is 0.588. The Morgan fingerprint density at radius 1 is 1.25 bits per heavy atom. The van der Waals surface area contributed by atoms with Crippen molar-refractivity contribution in [3.63, 3.8) is 0 Å². The maximum atomic E-state index is 12.2. The number of nitrogens with two attached hydrogens (primary N) is 1. The summed E-state index contributed by atoms with van der Waals surface area (Å²) in [6.45, 7) is 8.58. The number of hydrogen-bond donors (Lipinski definition) is 2. The number of carbonyl (C=O) groups excluding carboxylic acids is 1. The van der Waals surface area contributed by atoms with Crippen molar-refractivity contribution in [2.75, 3.05) is 0 Å². The Balaban J connectivity index is 2.81. The van der Waals surface area contributed by atoms with Gasteiger partial charge in [0.1, 0.15) is 0 Å². The van der Waals surface area contributed by atoms with E-state index in [1.807, 2.05) is 25.1 Å². The molecule has 0 radical (unpaired) electrons. The molecule has 1 amide bonds. The van der Waals surface area contributed by atoms with Crippen LogP contribution in [-0.4, -0.2) is 11.9 Å². The molecule has 112 valence electrons. The molecule has 1 aromatic carbocycles. The Hall–Kier alpha value is -1.35. The summed E-state index contributed by atoms with van der Waals surface area (Å²) < 4.78 is 0. The largest absolute Gasteiger partial charge is 0.348 e. The third-order valence-electron chi connectivity index (χ3n) is 3.27. The van der Waals surface area contributed by atoms with Crippen LogP contribution in [0.25, 0.3) is 0 Å². The molecule has 0 spiro atoms. The number of amides is 1. The summed E-state index contributed by atoms with van der Waals surface area (Å²) in [5, 5.41) is 3.11. The summed E-state index contributed by atoms with van der Waals surface area (Å²) in [5.41, 5.74) is 7.19. The van der Waals surface area contributed by atoms with Gasteiger partial charge < -0.3 is 11.1 Å². The van der Waals surface area contributed by atoms with Crippen LogP contribution < -0.4 is 11.1 Å². The van der Waals surface area contributed by atoms with Crippen molar-refractivity contribution in [3.05, 3.63) is 35.9 Å². The maximum Gasteiger partial charge on any atom is 0.237 e. The van der Waals surface area contributed by atoms with E-state index in [0.717, 1.165) is 24.8 Å². The highest BCUT2D eigenvalue weighted by atomic mass is 16.2. The molecule has 0 bridgehead atoms. The number of rotatable bonds is 6. The molecule has 0 aromatic heterocycles. The van der Waals surface area contributed by atoms with Crippen molar-refractivity contribution >= 4 is 5.91 Å². The molecule has 1 rings (SSSR count). The molecule has 0 aliphatic rings. The second-order valence-electron chi connectivity index (χ2n) is 6.63. The third-order valence-corrected chi connectivity index (χ3v) is 3.27. The Kier molecular flexibility index (Phi) is 6.21. The van der Waals surface area contributed by atoms with E-state index in [0.29, 0.717) is 0 Å². The lowest BCUT2D eigenvalue weighted by molar-refractivity contribution is -0.123. The van der Waals surface area contributed by atoms with Gasteiger partial charge in [-0.1, -0.05) is 64.4 Å². The molecule has 20 heavy (non-hydrogen) atoms. The van der Waals surface area contributed by atoms with Gasteiger partial charge in [-0.25, -0.2) is 0 Å². The van der Waals surface area contributed by atoms with Gasteiger partial charge in [0, 0.05) is 0 Å². The third kappa shape index (κ3) is 5.74. The first-order valence-corrected chi connectivity index (χ1v) is 7.44. The number of carbonyl (C=O) groups is 1. The molecule has 0 fully saturated rings. The molecule has 0 saturated heterocycles. The first-order chi connectivity index (χ1) is 9.33. The molecule has 3 heteroatoms. The predicted molar refractivity (Wildman–Crippen MR) is 84.3 cm³/mol. The molecule has 1 unspecified atom stereocenters. The van der Waals surface area contributed by atoms with Crippen LogP contribution in [0, 0.1) is 5.41 Å². The number of hydrogen-bond acceptors (Lipinski definition) is 2. The van der Waals surface area contributed by atoms with Gasteiger partial charge in [0.25, 0.3) is 0 Å². The number of nitrogens with one attached hydrogen (secondary N) is 1. The minimum absolute atomic E-state index is 0.0200. The van der Waals surface area contributed by atoms with Crippen molar-refractivity contribution in [2.45, 2.75) is 59.0 Å². The summed E-state index contributed by atoms with van der Waals surface area (Å²) in [4.78, 5) is 12.2. The van der Waals surface area contributed by atoms with Gasteiger partial charge in [0.05, 0.1) is 12.1 Å². The van der Waals surface area contributed by atoms with Crippen molar-refractivity contribution in [3.8, 4) is 0 Å². The van der Waals surface area contributed by atoms with E-state index in [1.165, 1.54) is 0 Å². The molecule has 0 aliphatic heterocycles. The van der Waals surface area contributed by atoms with Gasteiger partial charge in [0.2, 0.25) is 5.91 Å². The van der Waals surface area contributed by atoms with Crippen LogP contribution in [0.4, 0.5) is 0 Å². The van der Waals surface area contributed by atoms with Crippen LogP contribution in [0.5, 0.6) is 0 Å². The highest BCUT2D eigenvalue weighted by Gasteiger charge is 2.23. The minimum atomic E-state index is -0.411. The minimum Gasteiger partial charge on any atom is -0.348 e. The Morgan fingerprint density at radius 2 is 1.85 bits per heavy atom. The first-order valence-electron chi connectivity index (χ1n) is 7.44. The van der Waals surface area contributed by atoms with Gasteiger partial charge in [-0.2, -0.15) is 0 Å². The maximum absolute atomic E-state index is 12.2. The van der Waals surface area contributed by atoms with E-state index in [2.05, 4.69) is 38.2 Å². The van der Waals surface area contributed by atoms with E-state index in [-0.39, 0.29) is 17.4 Å². The fourth-order valence-corrected chi connectivity index (χ4v) is 2.27. The van der Waals surface area contributed by atoms with E-state index in [9.17, 15) is 4.79 Å². The smallest absolute Gasteiger partial charge is 0.237 e. The van der Waals surface area contributed by atoms with E-state index >= 15 is 0 Å². The molecule has 0 heterocycles. The summed E-state index contributed by atoms with van der Waals surface area (Å²) in [6.07, 6.45) is 2.54. The fourth-order valence-electron chi connectivity index (χ4n) is 2.27. The summed E-state index contributed by atoms with van der Waals surface area (Å²) in [5.74, 6) is -0.0510. The topological polar surface area (TPSA) is 55.1 Å². The highest BCUT2D eigenvalue weighted by Crippen LogP contribution is 2.29. The second-order valence-corrected chi connectivity index (χ2v) is 6.63. The Bertz CT molecular complexity index is 409. The molecular weight excluding hydrogens is 248 g/mol. The Labute approximate surface area is 122 Å². The lowest BCUT2D eigenvalue weighted by Crippen LogP contribution is -2.42. The SMILES string of the molecule is CCC[C@H](N)C(=O)NC(CC(C)(C)C)c1ccccc1. The summed E-state index contributed by atoms with van der Waals surface area (Å²) >= 11 is 0. The average molecular weight is 276 g/mol. The number of benzene rings is 1. The summed E-state index contributed by atoms with van der Waals surface area (Å²) in [6, 6.07) is 9.72. The lowest BCUT2D eigenvalue weighted by Gasteiger charge is -2.28. The van der Waals surface area contributed by atoms with Crippen LogP contribution in [0.2, 0.25) is 0 Å². The zero-order valence-corrected chi connectivity index (χ0v) is 13.1. The molecule has 1 aromatic rings. The van der Waals surface area contributed by atoms with Crippen LogP contribution in [0.15, 0.2) is 30.3 Å². The van der Waals surface area contributed by atoms with E-state index in [1.54, 1.807) is 0 Å². The van der Waals surface area contributed by atoms with Gasteiger partial charge >= 0.3 is 0 Å². The normalized spacial score (nSPS) is 14.7. The van der Waals surface area contributed by atoms with E-state index < -0.39 is 6.04 Å². The zero-order valence-electron chi connectivity index (χ0n) is 13.1. The molecule has 3 N–H and O–H groups in total. The quantitative estimate of drug-likeness (QED) is 0.836. The zero-order chi connectivity index (χ0) is 15.2. The average Bonchev–Trinajstić information content (AvgIpc) is 2.37. The van der Waals surface area contributed by atoms with Crippen LogP contribution >= 0.6 is 0 Å². The van der Waals surface area contributed by atoms with Gasteiger partial charge in [-0.3, -0.25) is 4.79 Å². The van der Waals surface area contributed by atoms with Gasteiger partial charge in [-0.15, -0.1) is 0 Å². The predicted octanol–water partition coefficient (Wildman–Crippen LogP) is 3.41. The van der Waals surface area contributed by atoms with Crippen molar-refractivity contribution < 1.29 is 4.79 Å². The second kappa shape index (κ2) is 7.44. The van der Waals surface area contributed by atoms with Crippen molar-refractivity contribution in [1.29, 1.82) is 0 Å². The van der Waals surface area contributed by atoms with E-state index in [4.69, 9.17) is 5.73 Å². The van der Waals surface area contributed by atoms with Gasteiger partial charge in [-0.05, 0) is 23.8 Å². The highest BCUT2D eigenvalue weighted by molar-refractivity contribution is 5.81. The van der Waals surface area contributed by atoms with Crippen LogP contribution in [-0.2, 0) is 4.79 Å². The standard InChI is InChI=1S/C17H28N2O/c1-5-9-14(18)16(20)19-15(12-17(2,3)4)13-10-7-6-8-11-13/h6-8,10-11,14-15H,5,9,12,18H2,1-4H3,(H,19,20)/t14-,15?/m0/s1. The molecule has 0 aliphatic carbocycles. The first kappa shape index (κ1) is 16.7. The lowest BCUT2D eigenvalue weighted by atomic mass is 9.85. The molecule has 2 atom stereocenters. The van der Waals surface area contributed by atoms with Gasteiger partial charge in [0.15, 0.2) is 0 Å². The van der Waals surface area contributed by atoms with Crippen LogP contribution in [0.1, 0.15) is 58.6 Å². The van der Waals surface area contributed by atoms with Crippen molar-refractivity contribution in [2.24, 2.45) is 11.1 Å².